The van der Waals surface area contributed by atoms with Crippen LogP contribution in [0.4, 0.5) is 0 Å². The van der Waals surface area contributed by atoms with Crippen molar-refractivity contribution in [3.63, 3.8) is 0 Å². The minimum Gasteiger partial charge on any atom is -0.479 e. The lowest BCUT2D eigenvalue weighted by molar-refractivity contribution is -0.364. The molecule has 17 heteroatoms. The minimum atomic E-state index is -2.12. The summed E-state index contributed by atoms with van der Waals surface area (Å²) in [6, 6.07) is 0. The third-order valence-corrected chi connectivity index (χ3v) is 5.61. The van der Waals surface area contributed by atoms with Gasteiger partial charge < -0.3 is 79.9 Å². The van der Waals surface area contributed by atoms with Crippen LogP contribution in [-0.4, -0.2) is 167 Å². The first kappa shape index (κ1) is 29.8. The highest BCUT2D eigenvalue weighted by Crippen LogP contribution is 2.30. The average molecular weight is 518 g/mol. The zero-order valence-corrected chi connectivity index (χ0v) is 17.9. The summed E-state index contributed by atoms with van der Waals surface area (Å²) < 4.78 is 20.7. The van der Waals surface area contributed by atoms with Crippen molar-refractivity contribution in [1.82, 2.24) is 0 Å². The highest BCUT2D eigenvalue weighted by atomic mass is 16.7. The van der Waals surface area contributed by atoms with E-state index in [1.54, 1.807) is 0 Å². The molecule has 2 aliphatic rings. The second kappa shape index (κ2) is 12.7. The highest BCUT2D eigenvalue weighted by molar-refractivity contribution is 5.73. The molecule has 2 heterocycles. The fraction of sp³-hybridized carbons (Fsp3) is 0.889. The van der Waals surface area contributed by atoms with Crippen LogP contribution in [-0.2, 0) is 28.5 Å². The molecule has 0 spiro atoms. The molecule has 17 nitrogen and oxygen atoms in total. The number of aliphatic hydroxyl groups is 10. The van der Waals surface area contributed by atoms with Gasteiger partial charge in [-0.2, -0.15) is 0 Å². The largest absolute Gasteiger partial charge is 0.479 e. The average Bonchev–Trinajstić information content (AvgIpc) is 2.84. The summed E-state index contributed by atoms with van der Waals surface area (Å²) in [6.45, 7) is -1.97. The smallest absolute Gasteiger partial charge is 0.335 e. The van der Waals surface area contributed by atoms with Crippen molar-refractivity contribution >= 4 is 12.3 Å². The van der Waals surface area contributed by atoms with Crippen molar-refractivity contribution in [3.8, 4) is 0 Å². The summed E-state index contributed by atoms with van der Waals surface area (Å²) in [4.78, 5) is 22.0. The first-order valence-electron chi connectivity index (χ1n) is 10.4. The van der Waals surface area contributed by atoms with Crippen LogP contribution in [0.3, 0.4) is 0 Å². The number of carboxylic acids is 1. The summed E-state index contributed by atoms with van der Waals surface area (Å²) in [5.41, 5.74) is 0. The standard InChI is InChI=1S/C18H30O17/c19-1-4(22)7(24)13(5(23)2-20)33-17-12(29)10(27)14(6(3-21)32-17)34-18-11(28)8(25)9(26)15(35-18)16(30)31/h1,4-15,17-18,20-29H,2-3H2,(H,30,31)/t4-,5+,6+,7+,8-,9-,10+,11-,12+,13-,14+,15-,17-,18+/m0/s1. The molecule has 11 N–H and O–H groups in total. The normalized spacial score (nSPS) is 41.5. The lowest BCUT2D eigenvalue weighted by Crippen LogP contribution is -2.65. The molecule has 0 unspecified atom stereocenters. The molecule has 204 valence electrons. The molecular weight excluding hydrogens is 488 g/mol. The number of aliphatic hydroxyl groups excluding tert-OH is 10. The van der Waals surface area contributed by atoms with Gasteiger partial charge in [-0.1, -0.05) is 0 Å². The molecule has 2 saturated heterocycles. The number of hydrogen-bond donors (Lipinski definition) is 11. The van der Waals surface area contributed by atoms with E-state index >= 15 is 0 Å². The van der Waals surface area contributed by atoms with Crippen molar-refractivity contribution in [1.29, 1.82) is 0 Å². The van der Waals surface area contributed by atoms with Gasteiger partial charge in [0.1, 0.15) is 67.1 Å². The predicted molar refractivity (Wildman–Crippen MR) is 103 cm³/mol. The molecule has 0 amide bonds. The number of aliphatic carboxylic acids is 1. The van der Waals surface area contributed by atoms with E-state index < -0.39 is 105 Å². The Morgan fingerprint density at radius 1 is 0.886 bits per heavy atom. The Morgan fingerprint density at radius 3 is 2.00 bits per heavy atom. The van der Waals surface area contributed by atoms with Crippen LogP contribution < -0.4 is 0 Å². The van der Waals surface area contributed by atoms with Gasteiger partial charge >= 0.3 is 5.97 Å². The maximum atomic E-state index is 11.2. The topological polar surface area (TPSA) is 294 Å². The van der Waals surface area contributed by atoms with Crippen molar-refractivity contribution in [3.05, 3.63) is 0 Å². The second-order valence-electron chi connectivity index (χ2n) is 8.01. The van der Waals surface area contributed by atoms with E-state index in [2.05, 4.69) is 0 Å². The van der Waals surface area contributed by atoms with Crippen LogP contribution in [0.25, 0.3) is 0 Å². The van der Waals surface area contributed by atoms with Gasteiger partial charge in [0.2, 0.25) is 0 Å². The maximum Gasteiger partial charge on any atom is 0.335 e. The van der Waals surface area contributed by atoms with E-state index in [9.17, 15) is 55.5 Å². The Morgan fingerprint density at radius 2 is 1.49 bits per heavy atom. The zero-order chi connectivity index (χ0) is 26.6. The molecule has 0 saturated carbocycles. The van der Waals surface area contributed by atoms with Gasteiger partial charge in [0.15, 0.2) is 25.0 Å². The second-order valence-corrected chi connectivity index (χ2v) is 8.01. The van der Waals surface area contributed by atoms with Gasteiger partial charge in [0.25, 0.3) is 0 Å². The number of hydrogen-bond acceptors (Lipinski definition) is 16. The summed E-state index contributed by atoms with van der Waals surface area (Å²) in [5, 5.41) is 108. The Bertz CT molecular complexity index is 692. The summed E-state index contributed by atoms with van der Waals surface area (Å²) in [5.74, 6) is -1.71. The molecule has 0 aliphatic carbocycles. The van der Waals surface area contributed by atoms with Gasteiger partial charge in [-0.25, -0.2) is 4.79 Å². The van der Waals surface area contributed by atoms with Crippen LogP contribution in [0.5, 0.6) is 0 Å². The third-order valence-electron chi connectivity index (χ3n) is 5.61. The fourth-order valence-electron chi connectivity index (χ4n) is 3.58. The minimum absolute atomic E-state index is 0.0935. The third kappa shape index (κ3) is 6.48. The lowest BCUT2D eigenvalue weighted by atomic mass is 9.96. The Labute approximate surface area is 196 Å². The number of aldehydes is 1. The van der Waals surface area contributed by atoms with Gasteiger partial charge in [-0.05, 0) is 0 Å². The molecule has 2 fully saturated rings. The summed E-state index contributed by atoms with van der Waals surface area (Å²) in [6.07, 6.45) is -27.7. The van der Waals surface area contributed by atoms with Crippen LogP contribution in [0.15, 0.2) is 0 Å². The number of carboxylic acid groups (broad SMARTS) is 1. The number of carbonyl (C=O) groups excluding carboxylic acids is 1. The van der Waals surface area contributed by atoms with Crippen LogP contribution in [0, 0.1) is 0 Å². The number of rotatable bonds is 11. The first-order chi connectivity index (χ1) is 16.4. The Balaban J connectivity index is 2.20. The highest BCUT2D eigenvalue weighted by Gasteiger charge is 2.53. The van der Waals surface area contributed by atoms with Crippen molar-refractivity contribution in [2.24, 2.45) is 0 Å². The van der Waals surface area contributed by atoms with E-state index in [1.807, 2.05) is 0 Å². The SMILES string of the molecule is O=C[C@H](O)[C@@H](O)[C@@H](O[C@@H]1O[C@H](CO)[C@@H](O[C@@H]2O[C@H](C(=O)O)[C@@H](O)[C@H](O)[C@@H]2O)[C@H](O)[C@H]1O)[C@H](O)CO. The monoisotopic (exact) mass is 518 g/mol. The van der Waals surface area contributed by atoms with E-state index in [4.69, 9.17) is 29.2 Å². The van der Waals surface area contributed by atoms with Crippen molar-refractivity contribution in [2.45, 2.75) is 85.8 Å². The van der Waals surface area contributed by atoms with Crippen LogP contribution in [0.2, 0.25) is 0 Å². The van der Waals surface area contributed by atoms with Gasteiger partial charge in [0.05, 0.1) is 13.2 Å². The predicted octanol–water partition coefficient (Wildman–Crippen LogP) is -7.64. The quantitative estimate of drug-likeness (QED) is 0.113. The Hall–Kier alpha value is -1.42. The van der Waals surface area contributed by atoms with Crippen LogP contribution >= 0.6 is 0 Å². The molecular formula is C18H30O17. The molecule has 0 bridgehead atoms. The maximum absolute atomic E-state index is 11.2. The van der Waals surface area contributed by atoms with E-state index in [0.717, 1.165) is 0 Å². The van der Waals surface area contributed by atoms with Gasteiger partial charge in [-0.15, -0.1) is 0 Å². The summed E-state index contributed by atoms with van der Waals surface area (Å²) >= 11 is 0. The molecule has 2 aliphatic heterocycles. The molecule has 0 radical (unpaired) electrons. The van der Waals surface area contributed by atoms with Crippen molar-refractivity contribution < 1.29 is 84.7 Å². The molecule has 2 rings (SSSR count). The van der Waals surface area contributed by atoms with Crippen molar-refractivity contribution in [2.75, 3.05) is 13.2 Å². The molecule has 14 atom stereocenters. The molecule has 35 heavy (non-hydrogen) atoms. The van der Waals surface area contributed by atoms with E-state index in [-0.39, 0.29) is 6.29 Å². The fourth-order valence-corrected chi connectivity index (χ4v) is 3.58. The van der Waals surface area contributed by atoms with Gasteiger partial charge in [0, 0.05) is 0 Å². The van der Waals surface area contributed by atoms with Crippen LogP contribution in [0.1, 0.15) is 0 Å². The zero-order valence-electron chi connectivity index (χ0n) is 17.9. The molecule has 0 aromatic heterocycles. The lowest BCUT2D eigenvalue weighted by Gasteiger charge is -2.46. The van der Waals surface area contributed by atoms with Gasteiger partial charge in [-0.3, -0.25) is 0 Å². The Kier molecular flexibility index (Phi) is 10.8. The van der Waals surface area contributed by atoms with E-state index in [0.29, 0.717) is 0 Å². The van der Waals surface area contributed by atoms with E-state index in [1.165, 1.54) is 0 Å². The number of ether oxygens (including phenoxy) is 4. The molecule has 0 aromatic carbocycles. The number of carbonyl (C=O) groups is 2. The first-order valence-corrected chi connectivity index (χ1v) is 10.4. The summed E-state index contributed by atoms with van der Waals surface area (Å²) in [7, 11) is 0. The molecule has 0 aromatic rings.